The fraction of sp³-hybridized carbons (Fsp3) is 0.625. The Bertz CT molecular complexity index is 493. The number of likely N-dealkylation sites (N-methyl/N-ethyl adjacent to an activating group) is 1. The normalized spacial score (nSPS) is 17.5. The van der Waals surface area contributed by atoms with E-state index in [1.165, 1.54) is 11.3 Å². The first-order chi connectivity index (χ1) is 10.5. The van der Waals surface area contributed by atoms with E-state index in [2.05, 4.69) is 17.1 Å². The van der Waals surface area contributed by atoms with Crippen molar-refractivity contribution in [2.45, 2.75) is 26.8 Å². The number of nitrogens with zero attached hydrogens (tertiary/aromatic N) is 2. The summed E-state index contributed by atoms with van der Waals surface area (Å²) in [5.74, 6) is -0.0504. The summed E-state index contributed by atoms with van der Waals surface area (Å²) in [6.07, 6.45) is 0. The number of rotatable bonds is 5. The quantitative estimate of drug-likeness (QED) is 0.897. The lowest BCUT2D eigenvalue weighted by molar-refractivity contribution is -0.136. The first-order valence-corrected chi connectivity index (χ1v) is 8.76. The molecule has 1 fully saturated rings. The third kappa shape index (κ3) is 4.08. The average molecular weight is 323 g/mol. The van der Waals surface area contributed by atoms with Crippen LogP contribution in [-0.4, -0.2) is 60.4 Å². The molecular formula is C16H25N3O2S. The molecule has 1 aromatic heterocycles. The van der Waals surface area contributed by atoms with Crippen LogP contribution in [-0.2, 0) is 4.79 Å². The van der Waals surface area contributed by atoms with Gasteiger partial charge < -0.3 is 15.1 Å². The van der Waals surface area contributed by atoms with E-state index in [-0.39, 0.29) is 17.7 Å². The Morgan fingerprint density at radius 3 is 2.45 bits per heavy atom. The smallest absolute Gasteiger partial charge is 0.262 e. The molecule has 1 aromatic rings. The van der Waals surface area contributed by atoms with E-state index in [9.17, 15) is 9.59 Å². The summed E-state index contributed by atoms with van der Waals surface area (Å²) < 4.78 is 0. The van der Waals surface area contributed by atoms with Crippen LogP contribution in [0.15, 0.2) is 17.5 Å². The van der Waals surface area contributed by atoms with Crippen molar-refractivity contribution in [3.8, 4) is 0 Å². The fourth-order valence-corrected chi connectivity index (χ4v) is 3.24. The molecular weight excluding hydrogens is 298 g/mol. The molecule has 122 valence electrons. The lowest BCUT2D eigenvalue weighted by atomic mass is 10.0. The third-order valence-corrected chi connectivity index (χ3v) is 4.96. The van der Waals surface area contributed by atoms with Crippen molar-refractivity contribution in [3.05, 3.63) is 22.4 Å². The van der Waals surface area contributed by atoms with Crippen LogP contribution in [0.1, 0.15) is 30.4 Å². The molecule has 0 saturated carbocycles. The Balaban J connectivity index is 1.98. The van der Waals surface area contributed by atoms with E-state index in [4.69, 9.17) is 0 Å². The molecule has 0 aromatic carbocycles. The van der Waals surface area contributed by atoms with E-state index in [1.807, 2.05) is 30.2 Å². The van der Waals surface area contributed by atoms with E-state index in [0.717, 1.165) is 32.7 Å². The zero-order valence-electron chi connectivity index (χ0n) is 13.5. The van der Waals surface area contributed by atoms with Crippen LogP contribution < -0.4 is 5.32 Å². The van der Waals surface area contributed by atoms with Crippen LogP contribution >= 0.6 is 11.3 Å². The molecule has 2 rings (SSSR count). The van der Waals surface area contributed by atoms with Crippen molar-refractivity contribution < 1.29 is 9.59 Å². The second-order valence-corrected chi connectivity index (χ2v) is 6.88. The molecule has 2 heterocycles. The van der Waals surface area contributed by atoms with Gasteiger partial charge in [0, 0.05) is 26.2 Å². The number of hydrogen-bond acceptors (Lipinski definition) is 4. The number of amides is 2. The van der Waals surface area contributed by atoms with Gasteiger partial charge in [0.15, 0.2) is 0 Å². The summed E-state index contributed by atoms with van der Waals surface area (Å²) in [5, 5.41) is 4.77. The van der Waals surface area contributed by atoms with Gasteiger partial charge in [0.25, 0.3) is 5.91 Å². The Morgan fingerprint density at radius 1 is 1.27 bits per heavy atom. The Morgan fingerprint density at radius 2 is 1.95 bits per heavy atom. The topological polar surface area (TPSA) is 52.6 Å². The van der Waals surface area contributed by atoms with E-state index in [0.29, 0.717) is 4.88 Å². The van der Waals surface area contributed by atoms with E-state index < -0.39 is 6.04 Å². The minimum atomic E-state index is -0.456. The van der Waals surface area contributed by atoms with Gasteiger partial charge in [-0.1, -0.05) is 26.8 Å². The Hall–Kier alpha value is -1.40. The van der Waals surface area contributed by atoms with Gasteiger partial charge in [-0.2, -0.15) is 0 Å². The fourth-order valence-electron chi connectivity index (χ4n) is 2.61. The third-order valence-electron chi connectivity index (χ3n) is 4.10. The van der Waals surface area contributed by atoms with Crippen LogP contribution in [0.25, 0.3) is 0 Å². The monoisotopic (exact) mass is 323 g/mol. The molecule has 5 nitrogen and oxygen atoms in total. The summed E-state index contributed by atoms with van der Waals surface area (Å²) in [6, 6.07) is 3.17. The molecule has 0 aliphatic carbocycles. The van der Waals surface area contributed by atoms with Gasteiger partial charge in [-0.25, -0.2) is 0 Å². The number of piperazine rings is 1. The molecule has 1 saturated heterocycles. The highest BCUT2D eigenvalue weighted by Gasteiger charge is 2.30. The molecule has 1 atom stereocenters. The maximum absolute atomic E-state index is 12.7. The van der Waals surface area contributed by atoms with Gasteiger partial charge in [0.1, 0.15) is 6.04 Å². The second-order valence-electron chi connectivity index (χ2n) is 5.93. The molecule has 1 N–H and O–H groups in total. The first kappa shape index (κ1) is 17.0. The highest BCUT2D eigenvalue weighted by molar-refractivity contribution is 7.12. The Labute approximate surface area is 136 Å². The van der Waals surface area contributed by atoms with Crippen molar-refractivity contribution in [2.24, 2.45) is 5.92 Å². The lowest BCUT2D eigenvalue weighted by Gasteiger charge is -2.36. The van der Waals surface area contributed by atoms with Gasteiger partial charge in [-0.3, -0.25) is 9.59 Å². The number of carbonyl (C=O) groups is 2. The molecule has 2 amide bonds. The number of nitrogens with one attached hydrogen (secondary N) is 1. The second kappa shape index (κ2) is 7.74. The molecule has 1 unspecified atom stereocenters. The molecule has 22 heavy (non-hydrogen) atoms. The highest BCUT2D eigenvalue weighted by Crippen LogP contribution is 2.13. The zero-order chi connectivity index (χ0) is 16.1. The van der Waals surface area contributed by atoms with Gasteiger partial charge in [0.05, 0.1) is 4.88 Å². The molecule has 1 aliphatic rings. The van der Waals surface area contributed by atoms with Crippen molar-refractivity contribution in [3.63, 3.8) is 0 Å². The first-order valence-electron chi connectivity index (χ1n) is 7.88. The van der Waals surface area contributed by atoms with Gasteiger partial charge >= 0.3 is 0 Å². The maximum Gasteiger partial charge on any atom is 0.262 e. The predicted octanol–water partition coefficient (Wildman–Crippen LogP) is 1.67. The molecule has 0 spiro atoms. The minimum absolute atomic E-state index is 0.0376. The summed E-state index contributed by atoms with van der Waals surface area (Å²) in [4.78, 5) is 29.8. The van der Waals surface area contributed by atoms with Crippen LogP contribution in [0, 0.1) is 5.92 Å². The van der Waals surface area contributed by atoms with Crippen molar-refractivity contribution in [1.82, 2.24) is 15.1 Å². The summed E-state index contributed by atoms with van der Waals surface area (Å²) in [7, 11) is 0. The molecule has 6 heteroatoms. The van der Waals surface area contributed by atoms with Crippen LogP contribution in [0.5, 0.6) is 0 Å². The largest absolute Gasteiger partial charge is 0.339 e. The lowest BCUT2D eigenvalue weighted by Crippen LogP contribution is -2.56. The SMILES string of the molecule is CCN1CCN(C(=O)C(NC(=O)c2cccs2)C(C)C)CC1. The van der Waals surface area contributed by atoms with E-state index >= 15 is 0 Å². The van der Waals surface area contributed by atoms with Crippen molar-refractivity contribution in [1.29, 1.82) is 0 Å². The number of carbonyl (C=O) groups excluding carboxylic acids is 2. The van der Waals surface area contributed by atoms with Crippen molar-refractivity contribution in [2.75, 3.05) is 32.7 Å². The van der Waals surface area contributed by atoms with Crippen LogP contribution in [0.3, 0.4) is 0 Å². The molecule has 0 bridgehead atoms. The Kier molecular flexibility index (Phi) is 5.97. The van der Waals surface area contributed by atoms with Gasteiger partial charge in [-0.15, -0.1) is 11.3 Å². The van der Waals surface area contributed by atoms with Gasteiger partial charge in [-0.05, 0) is 23.9 Å². The van der Waals surface area contributed by atoms with Gasteiger partial charge in [0.2, 0.25) is 5.91 Å². The van der Waals surface area contributed by atoms with Crippen molar-refractivity contribution >= 4 is 23.2 Å². The number of thiophene rings is 1. The molecule has 0 radical (unpaired) electrons. The average Bonchev–Trinajstić information content (AvgIpc) is 3.06. The van der Waals surface area contributed by atoms with E-state index in [1.54, 1.807) is 6.07 Å². The molecule has 1 aliphatic heterocycles. The standard InChI is InChI=1S/C16H25N3O2S/c1-4-18-7-9-19(10-8-18)16(21)14(12(2)3)17-15(20)13-6-5-11-22-13/h5-6,11-12,14H,4,7-10H2,1-3H3,(H,17,20). The highest BCUT2D eigenvalue weighted by atomic mass is 32.1. The summed E-state index contributed by atoms with van der Waals surface area (Å²) in [6.45, 7) is 10.4. The summed E-state index contributed by atoms with van der Waals surface area (Å²) in [5.41, 5.74) is 0. The summed E-state index contributed by atoms with van der Waals surface area (Å²) >= 11 is 1.39. The van der Waals surface area contributed by atoms with Crippen LogP contribution in [0.2, 0.25) is 0 Å². The zero-order valence-corrected chi connectivity index (χ0v) is 14.4. The number of hydrogen-bond donors (Lipinski definition) is 1. The van der Waals surface area contributed by atoms with Crippen LogP contribution in [0.4, 0.5) is 0 Å². The predicted molar refractivity (Wildman–Crippen MR) is 89.1 cm³/mol. The maximum atomic E-state index is 12.7. The minimum Gasteiger partial charge on any atom is -0.339 e.